The van der Waals surface area contributed by atoms with Crippen molar-refractivity contribution in [2.24, 2.45) is 5.73 Å². The minimum atomic E-state index is -0.421. The van der Waals surface area contributed by atoms with E-state index in [2.05, 4.69) is 22.5 Å². The fourth-order valence-corrected chi connectivity index (χ4v) is 1.06. The van der Waals surface area contributed by atoms with Gasteiger partial charge in [0.05, 0.1) is 12.1 Å². The Bertz CT molecular complexity index is 353. The molecule has 0 saturated heterocycles. The molecule has 7 heteroatoms. The van der Waals surface area contributed by atoms with Crippen molar-refractivity contribution in [1.82, 2.24) is 15.6 Å². The molecule has 0 fully saturated rings. The number of amides is 2. The van der Waals surface area contributed by atoms with Crippen molar-refractivity contribution in [1.29, 1.82) is 0 Å². The van der Waals surface area contributed by atoms with Gasteiger partial charge < -0.3 is 26.5 Å². The van der Waals surface area contributed by atoms with Gasteiger partial charge in [-0.05, 0) is 39.1 Å². The summed E-state index contributed by atoms with van der Waals surface area (Å²) in [7, 11) is 1.93. The van der Waals surface area contributed by atoms with Crippen LogP contribution >= 0.6 is 0 Å². The van der Waals surface area contributed by atoms with E-state index in [0.717, 1.165) is 6.54 Å². The topological polar surface area (TPSA) is 120 Å². The van der Waals surface area contributed by atoms with Crippen LogP contribution in [0.4, 0.5) is 0 Å². The Morgan fingerprint density at radius 3 is 2.33 bits per heavy atom. The highest BCUT2D eigenvalue weighted by Crippen LogP contribution is 1.95. The van der Waals surface area contributed by atoms with E-state index in [1.807, 2.05) is 14.0 Å². The Morgan fingerprint density at radius 1 is 1.52 bits per heavy atom. The standard InChI is InChI=1S/C6H13NO2.C5H6N2O.C3H9N/c1-3-6(9)5(2)7-4-8;6-5(8)4-2-1-3-7-4;1-3-4-2/h4-6,9H,3H2,1-2H3,(H,7,8);1-3,7H,(H2,6,8);4H,3H2,1-2H3/t5-,6+;;/m0../s1. The number of carbonyl (C=O) groups excluding carboxylic acids is 2. The Kier molecular flexibility index (Phi) is 14.9. The lowest BCUT2D eigenvalue weighted by atomic mass is 10.1. The van der Waals surface area contributed by atoms with E-state index in [-0.39, 0.29) is 6.04 Å². The van der Waals surface area contributed by atoms with Crippen LogP contribution in [0.1, 0.15) is 37.7 Å². The zero-order valence-electron chi connectivity index (χ0n) is 13.2. The van der Waals surface area contributed by atoms with Crippen LogP contribution in [-0.2, 0) is 4.79 Å². The van der Waals surface area contributed by atoms with E-state index >= 15 is 0 Å². The number of aromatic nitrogens is 1. The number of carbonyl (C=O) groups is 2. The molecule has 1 aromatic rings. The number of hydrogen-bond donors (Lipinski definition) is 5. The van der Waals surface area contributed by atoms with Crippen molar-refractivity contribution >= 4 is 12.3 Å². The van der Waals surface area contributed by atoms with Gasteiger partial charge in [0.15, 0.2) is 0 Å². The summed E-state index contributed by atoms with van der Waals surface area (Å²) in [4.78, 5) is 22.7. The highest BCUT2D eigenvalue weighted by molar-refractivity contribution is 5.90. The molecule has 0 radical (unpaired) electrons. The molecule has 2 amide bonds. The highest BCUT2D eigenvalue weighted by atomic mass is 16.3. The summed E-state index contributed by atoms with van der Waals surface area (Å²) in [6.45, 7) is 6.77. The molecule has 1 rings (SSSR count). The van der Waals surface area contributed by atoms with Crippen molar-refractivity contribution in [2.75, 3.05) is 13.6 Å². The average molecular weight is 300 g/mol. The lowest BCUT2D eigenvalue weighted by Gasteiger charge is -2.15. The number of rotatable bonds is 6. The van der Waals surface area contributed by atoms with Crippen LogP contribution in [0.5, 0.6) is 0 Å². The molecule has 0 aliphatic carbocycles. The highest BCUT2D eigenvalue weighted by Gasteiger charge is 2.08. The predicted molar refractivity (Wildman–Crippen MR) is 83.9 cm³/mol. The third-order valence-electron chi connectivity index (χ3n) is 2.54. The number of hydrogen-bond acceptors (Lipinski definition) is 4. The number of nitrogens with one attached hydrogen (secondary N) is 3. The monoisotopic (exact) mass is 300 g/mol. The molecule has 122 valence electrons. The summed E-state index contributed by atoms with van der Waals surface area (Å²) in [5.41, 5.74) is 5.34. The normalized spacial score (nSPS) is 11.9. The van der Waals surface area contributed by atoms with E-state index in [4.69, 9.17) is 10.8 Å². The largest absolute Gasteiger partial charge is 0.391 e. The lowest BCUT2D eigenvalue weighted by Crippen LogP contribution is -2.35. The first-order valence-electron chi connectivity index (χ1n) is 6.89. The Labute approximate surface area is 126 Å². The minimum Gasteiger partial charge on any atom is -0.391 e. The molecule has 0 unspecified atom stereocenters. The summed E-state index contributed by atoms with van der Waals surface area (Å²) >= 11 is 0. The van der Waals surface area contributed by atoms with E-state index < -0.39 is 12.0 Å². The van der Waals surface area contributed by atoms with Crippen molar-refractivity contribution in [3.05, 3.63) is 24.0 Å². The molecular formula is C14H28N4O3. The van der Waals surface area contributed by atoms with Gasteiger partial charge in [0.1, 0.15) is 5.69 Å². The number of H-pyrrole nitrogens is 1. The fourth-order valence-electron chi connectivity index (χ4n) is 1.06. The van der Waals surface area contributed by atoms with Crippen molar-refractivity contribution in [3.63, 3.8) is 0 Å². The van der Waals surface area contributed by atoms with E-state index in [1.165, 1.54) is 0 Å². The van der Waals surface area contributed by atoms with Gasteiger partial charge in [-0.25, -0.2) is 0 Å². The Balaban J connectivity index is 0. The van der Waals surface area contributed by atoms with Gasteiger partial charge in [-0.2, -0.15) is 0 Å². The molecule has 7 nitrogen and oxygen atoms in total. The molecule has 0 bridgehead atoms. The molecule has 21 heavy (non-hydrogen) atoms. The molecule has 0 saturated carbocycles. The maximum atomic E-state index is 10.3. The van der Waals surface area contributed by atoms with Crippen molar-refractivity contribution < 1.29 is 14.7 Å². The van der Waals surface area contributed by atoms with Gasteiger partial charge in [0, 0.05) is 6.20 Å². The maximum absolute atomic E-state index is 10.3. The molecule has 0 aromatic carbocycles. The van der Waals surface area contributed by atoms with Gasteiger partial charge in [0.25, 0.3) is 5.91 Å². The Morgan fingerprint density at radius 2 is 2.10 bits per heavy atom. The van der Waals surface area contributed by atoms with E-state index in [1.54, 1.807) is 25.3 Å². The van der Waals surface area contributed by atoms with Gasteiger partial charge in [-0.15, -0.1) is 0 Å². The number of primary amides is 1. The molecule has 2 atom stereocenters. The third-order valence-corrected chi connectivity index (χ3v) is 2.54. The zero-order valence-corrected chi connectivity index (χ0v) is 13.2. The fraction of sp³-hybridized carbons (Fsp3) is 0.571. The van der Waals surface area contributed by atoms with Gasteiger partial charge in [0.2, 0.25) is 6.41 Å². The van der Waals surface area contributed by atoms with Crippen LogP contribution < -0.4 is 16.4 Å². The number of nitrogens with two attached hydrogens (primary N) is 1. The van der Waals surface area contributed by atoms with Crippen molar-refractivity contribution in [2.45, 2.75) is 39.3 Å². The van der Waals surface area contributed by atoms with Crippen LogP contribution in [0.2, 0.25) is 0 Å². The zero-order chi connectivity index (χ0) is 16.7. The molecule has 1 aromatic heterocycles. The second kappa shape index (κ2) is 14.5. The molecular weight excluding hydrogens is 272 g/mol. The quantitative estimate of drug-likeness (QED) is 0.483. The van der Waals surface area contributed by atoms with Crippen molar-refractivity contribution in [3.8, 4) is 0 Å². The third kappa shape index (κ3) is 12.9. The van der Waals surface area contributed by atoms with Crippen LogP contribution in [0.3, 0.4) is 0 Å². The molecule has 0 aliphatic rings. The number of aliphatic hydroxyl groups is 1. The van der Waals surface area contributed by atoms with Crippen LogP contribution in [0.15, 0.2) is 18.3 Å². The first-order chi connectivity index (χ1) is 9.94. The molecule has 0 spiro atoms. The SMILES string of the molecule is CCNC.CC[C@@H](O)[C@H](C)NC=O.NC(=O)c1ccc[nH]1. The first kappa shape index (κ1) is 21.4. The summed E-state index contributed by atoms with van der Waals surface area (Å²) in [5, 5.41) is 14.4. The van der Waals surface area contributed by atoms with E-state index in [9.17, 15) is 9.59 Å². The molecule has 6 N–H and O–H groups in total. The second-order valence-electron chi connectivity index (χ2n) is 4.20. The summed E-state index contributed by atoms with van der Waals surface area (Å²) in [5.74, 6) is -0.421. The van der Waals surface area contributed by atoms with Gasteiger partial charge in [-0.3, -0.25) is 9.59 Å². The number of aliphatic hydroxyl groups excluding tert-OH is 1. The van der Waals surface area contributed by atoms with E-state index in [0.29, 0.717) is 18.5 Å². The lowest BCUT2D eigenvalue weighted by molar-refractivity contribution is -0.110. The number of aromatic amines is 1. The van der Waals surface area contributed by atoms with Gasteiger partial charge in [-0.1, -0.05) is 13.8 Å². The summed E-state index contributed by atoms with van der Waals surface area (Å²) in [6, 6.07) is 3.22. The maximum Gasteiger partial charge on any atom is 0.265 e. The average Bonchev–Trinajstić information content (AvgIpc) is 3.02. The van der Waals surface area contributed by atoms with Gasteiger partial charge >= 0.3 is 0 Å². The summed E-state index contributed by atoms with van der Waals surface area (Å²) < 4.78 is 0. The summed E-state index contributed by atoms with van der Waals surface area (Å²) in [6.07, 6.45) is 2.50. The minimum absolute atomic E-state index is 0.132. The van der Waals surface area contributed by atoms with Crippen LogP contribution in [0.25, 0.3) is 0 Å². The molecule has 0 aliphatic heterocycles. The second-order valence-corrected chi connectivity index (χ2v) is 4.20. The first-order valence-corrected chi connectivity index (χ1v) is 6.89. The van der Waals surface area contributed by atoms with Crippen LogP contribution in [-0.4, -0.2) is 48.1 Å². The molecule has 1 heterocycles. The predicted octanol–water partition coefficient (Wildman–Crippen LogP) is 0.231. The smallest absolute Gasteiger partial charge is 0.265 e. The Hall–Kier alpha value is -1.86. The van der Waals surface area contributed by atoms with Crippen LogP contribution in [0, 0.1) is 0 Å².